The van der Waals surface area contributed by atoms with Gasteiger partial charge in [-0.1, -0.05) is 6.92 Å². The third-order valence-corrected chi connectivity index (χ3v) is 3.71. The lowest BCUT2D eigenvalue weighted by Crippen LogP contribution is -2.55. The number of rotatable bonds is 5. The average Bonchev–Trinajstić information content (AvgIpc) is 2.22. The molecule has 0 bridgehead atoms. The smallest absolute Gasteiger partial charge is 0.230 e. The summed E-state index contributed by atoms with van der Waals surface area (Å²) in [7, 11) is 3.49. The van der Waals surface area contributed by atoms with Crippen LogP contribution in [0.4, 0.5) is 0 Å². The van der Waals surface area contributed by atoms with Crippen molar-refractivity contribution >= 4 is 5.91 Å². The maximum Gasteiger partial charge on any atom is 0.230 e. The highest BCUT2D eigenvalue weighted by molar-refractivity contribution is 5.84. The van der Waals surface area contributed by atoms with Gasteiger partial charge in [-0.25, -0.2) is 0 Å². The molecule has 94 valence electrons. The molecule has 0 aromatic carbocycles. The van der Waals surface area contributed by atoms with Crippen LogP contribution in [0, 0.1) is 11.3 Å². The number of carbonyl (C=O) groups is 1. The number of hydrogen-bond acceptors (Lipinski definition) is 3. The number of likely N-dealkylation sites (N-methyl/N-ethyl adjacent to an activating group) is 1. The topological polar surface area (TPSA) is 55.6 Å². The largest absolute Gasteiger partial charge is 0.383 e. The molecule has 1 aliphatic rings. The maximum absolute atomic E-state index is 12.3. The highest BCUT2D eigenvalue weighted by atomic mass is 16.5. The molecule has 0 heterocycles. The molecule has 0 saturated heterocycles. The first kappa shape index (κ1) is 13.5. The van der Waals surface area contributed by atoms with Crippen LogP contribution in [-0.4, -0.2) is 44.2 Å². The maximum atomic E-state index is 12.3. The van der Waals surface area contributed by atoms with Crippen molar-refractivity contribution in [2.24, 2.45) is 17.1 Å². The summed E-state index contributed by atoms with van der Waals surface area (Å²) in [6.45, 7) is 5.19. The van der Waals surface area contributed by atoms with Gasteiger partial charge in [0, 0.05) is 20.7 Å². The fourth-order valence-corrected chi connectivity index (χ4v) is 2.63. The molecule has 0 spiro atoms. The van der Waals surface area contributed by atoms with Crippen LogP contribution in [0.3, 0.4) is 0 Å². The third-order valence-electron chi connectivity index (χ3n) is 3.71. The van der Waals surface area contributed by atoms with E-state index < -0.39 is 0 Å². The Morgan fingerprint density at radius 1 is 1.62 bits per heavy atom. The molecule has 1 atom stereocenters. The van der Waals surface area contributed by atoms with Crippen molar-refractivity contribution in [1.82, 2.24) is 4.90 Å². The van der Waals surface area contributed by atoms with Gasteiger partial charge in [-0.05, 0) is 25.7 Å². The Balaban J connectivity index is 2.62. The summed E-state index contributed by atoms with van der Waals surface area (Å²) in [4.78, 5) is 14.1. The zero-order valence-corrected chi connectivity index (χ0v) is 10.8. The zero-order chi connectivity index (χ0) is 12.3. The van der Waals surface area contributed by atoms with Crippen LogP contribution in [-0.2, 0) is 9.53 Å². The number of amides is 1. The van der Waals surface area contributed by atoms with Gasteiger partial charge in [0.05, 0.1) is 18.1 Å². The molecule has 1 fully saturated rings. The van der Waals surface area contributed by atoms with E-state index >= 15 is 0 Å². The second-order valence-electron chi connectivity index (χ2n) is 5.22. The van der Waals surface area contributed by atoms with Crippen molar-refractivity contribution in [3.05, 3.63) is 0 Å². The van der Waals surface area contributed by atoms with Crippen molar-refractivity contribution in [3.8, 4) is 0 Å². The minimum Gasteiger partial charge on any atom is -0.383 e. The minimum atomic E-state index is -0.295. The van der Waals surface area contributed by atoms with E-state index in [0.29, 0.717) is 19.1 Å². The lowest BCUT2D eigenvalue weighted by molar-refractivity contribution is -0.151. The molecule has 0 aromatic rings. The Labute approximate surface area is 98.1 Å². The molecule has 4 heteroatoms. The number of nitrogens with two attached hydrogens (primary N) is 1. The van der Waals surface area contributed by atoms with Gasteiger partial charge in [0.2, 0.25) is 5.91 Å². The SMILES string of the molecule is COCC(C)N(C)C(=O)C1(CN)CC(C)C1. The van der Waals surface area contributed by atoms with Crippen molar-refractivity contribution < 1.29 is 9.53 Å². The standard InChI is InChI=1S/C12H24N2O2/c1-9-5-12(6-9,8-13)11(15)14(3)10(2)7-16-4/h9-10H,5-8,13H2,1-4H3. The predicted octanol–water partition coefficient (Wildman–Crippen LogP) is 0.855. The van der Waals surface area contributed by atoms with Crippen LogP contribution in [0.15, 0.2) is 0 Å². The fourth-order valence-electron chi connectivity index (χ4n) is 2.63. The lowest BCUT2D eigenvalue weighted by atomic mass is 9.62. The molecule has 4 nitrogen and oxygen atoms in total. The van der Waals surface area contributed by atoms with Crippen LogP contribution >= 0.6 is 0 Å². The second-order valence-corrected chi connectivity index (χ2v) is 5.22. The monoisotopic (exact) mass is 228 g/mol. The number of carbonyl (C=O) groups excluding carboxylic acids is 1. The summed E-state index contributed by atoms with van der Waals surface area (Å²) in [5, 5.41) is 0. The van der Waals surface area contributed by atoms with Crippen LogP contribution in [0.2, 0.25) is 0 Å². The van der Waals surface area contributed by atoms with E-state index in [0.717, 1.165) is 12.8 Å². The molecule has 2 N–H and O–H groups in total. The predicted molar refractivity (Wildman–Crippen MR) is 64.0 cm³/mol. The van der Waals surface area contributed by atoms with E-state index in [-0.39, 0.29) is 17.4 Å². The van der Waals surface area contributed by atoms with Gasteiger partial charge in [-0.3, -0.25) is 4.79 Å². The van der Waals surface area contributed by atoms with Crippen molar-refractivity contribution in [2.75, 3.05) is 27.3 Å². The van der Waals surface area contributed by atoms with Crippen molar-refractivity contribution in [1.29, 1.82) is 0 Å². The molecule has 16 heavy (non-hydrogen) atoms. The molecular formula is C12H24N2O2. The Morgan fingerprint density at radius 2 is 2.19 bits per heavy atom. The summed E-state index contributed by atoms with van der Waals surface area (Å²) >= 11 is 0. The number of ether oxygens (including phenoxy) is 1. The zero-order valence-electron chi connectivity index (χ0n) is 10.8. The Hall–Kier alpha value is -0.610. The number of methoxy groups -OCH3 is 1. The van der Waals surface area contributed by atoms with Gasteiger partial charge in [-0.15, -0.1) is 0 Å². The number of hydrogen-bond donors (Lipinski definition) is 1. The van der Waals surface area contributed by atoms with Crippen molar-refractivity contribution in [2.45, 2.75) is 32.7 Å². The molecule has 1 aliphatic carbocycles. The Bertz CT molecular complexity index is 249. The van der Waals surface area contributed by atoms with Crippen molar-refractivity contribution in [3.63, 3.8) is 0 Å². The van der Waals surface area contributed by atoms with Gasteiger partial charge >= 0.3 is 0 Å². The van der Waals surface area contributed by atoms with Gasteiger partial charge in [0.1, 0.15) is 0 Å². The van der Waals surface area contributed by atoms with E-state index in [1.807, 2.05) is 14.0 Å². The Morgan fingerprint density at radius 3 is 2.56 bits per heavy atom. The minimum absolute atomic E-state index is 0.108. The van der Waals surface area contributed by atoms with E-state index in [1.165, 1.54) is 0 Å². The van der Waals surface area contributed by atoms with Crippen LogP contribution in [0.25, 0.3) is 0 Å². The molecule has 1 rings (SSSR count). The quantitative estimate of drug-likeness (QED) is 0.759. The van der Waals surface area contributed by atoms with E-state index in [1.54, 1.807) is 12.0 Å². The molecule has 1 unspecified atom stereocenters. The van der Waals surface area contributed by atoms with E-state index in [2.05, 4.69) is 6.92 Å². The molecule has 1 amide bonds. The van der Waals surface area contributed by atoms with Gasteiger partial charge < -0.3 is 15.4 Å². The first-order valence-corrected chi connectivity index (χ1v) is 5.93. The van der Waals surface area contributed by atoms with Crippen LogP contribution in [0.1, 0.15) is 26.7 Å². The second kappa shape index (κ2) is 5.15. The highest BCUT2D eigenvalue weighted by Crippen LogP contribution is 2.45. The molecular weight excluding hydrogens is 204 g/mol. The van der Waals surface area contributed by atoms with Gasteiger partial charge in [0.25, 0.3) is 0 Å². The molecule has 1 saturated carbocycles. The molecule has 0 radical (unpaired) electrons. The Kier molecular flexibility index (Phi) is 4.33. The van der Waals surface area contributed by atoms with Crippen LogP contribution < -0.4 is 5.73 Å². The normalized spacial score (nSPS) is 30.7. The molecule has 0 aromatic heterocycles. The van der Waals surface area contributed by atoms with Gasteiger partial charge in [-0.2, -0.15) is 0 Å². The lowest BCUT2D eigenvalue weighted by Gasteiger charge is -2.47. The van der Waals surface area contributed by atoms with E-state index in [9.17, 15) is 4.79 Å². The average molecular weight is 228 g/mol. The summed E-state index contributed by atoms with van der Waals surface area (Å²) in [6, 6.07) is 0.108. The first-order chi connectivity index (χ1) is 7.46. The third kappa shape index (κ3) is 2.38. The summed E-state index contributed by atoms with van der Waals surface area (Å²) in [5.41, 5.74) is 5.47. The van der Waals surface area contributed by atoms with Crippen LogP contribution in [0.5, 0.6) is 0 Å². The summed E-state index contributed by atoms with van der Waals surface area (Å²) in [6.07, 6.45) is 1.85. The van der Waals surface area contributed by atoms with Gasteiger partial charge in [0.15, 0.2) is 0 Å². The van der Waals surface area contributed by atoms with E-state index in [4.69, 9.17) is 10.5 Å². The highest BCUT2D eigenvalue weighted by Gasteiger charge is 2.48. The summed E-state index contributed by atoms with van der Waals surface area (Å²) < 4.78 is 5.07. The number of nitrogens with zero attached hydrogens (tertiary/aromatic N) is 1. The first-order valence-electron chi connectivity index (χ1n) is 5.93. The summed E-state index contributed by atoms with van der Waals surface area (Å²) in [5.74, 6) is 0.802. The fraction of sp³-hybridized carbons (Fsp3) is 0.917. The molecule has 0 aliphatic heterocycles.